The summed E-state index contributed by atoms with van der Waals surface area (Å²) >= 11 is 0. The van der Waals surface area contributed by atoms with Gasteiger partial charge in [0.05, 0.1) is 19.3 Å². The van der Waals surface area contributed by atoms with Crippen LogP contribution in [-0.2, 0) is 11.8 Å². The average molecular weight is 379 g/mol. The molecule has 0 saturated carbocycles. The van der Waals surface area contributed by atoms with Crippen molar-refractivity contribution in [1.82, 2.24) is 4.57 Å². The molecule has 6 nitrogen and oxygen atoms in total. The van der Waals surface area contributed by atoms with Crippen molar-refractivity contribution in [2.45, 2.75) is 6.92 Å². The summed E-state index contributed by atoms with van der Waals surface area (Å²) < 4.78 is 18.0. The van der Waals surface area contributed by atoms with E-state index in [1.54, 1.807) is 44.4 Å². The third-order valence-corrected chi connectivity index (χ3v) is 4.16. The van der Waals surface area contributed by atoms with Crippen LogP contribution in [-0.4, -0.2) is 24.3 Å². The highest BCUT2D eigenvalue weighted by Crippen LogP contribution is 2.37. The first-order valence-electron chi connectivity index (χ1n) is 8.82. The van der Waals surface area contributed by atoms with E-state index in [0.717, 1.165) is 11.1 Å². The van der Waals surface area contributed by atoms with E-state index < -0.39 is 5.97 Å². The van der Waals surface area contributed by atoms with Crippen LogP contribution < -0.4 is 15.0 Å². The van der Waals surface area contributed by atoms with Gasteiger partial charge in [0.1, 0.15) is 17.2 Å². The van der Waals surface area contributed by atoms with Crippen LogP contribution in [0.3, 0.4) is 0 Å². The molecule has 0 amide bonds. The first-order chi connectivity index (χ1) is 13.5. The lowest BCUT2D eigenvalue weighted by Gasteiger charge is -2.15. The number of aryl methyl sites for hydroxylation is 1. The Morgan fingerprint density at radius 2 is 1.79 bits per heavy atom. The van der Waals surface area contributed by atoms with Crippen LogP contribution in [0.5, 0.6) is 17.2 Å². The first-order valence-corrected chi connectivity index (χ1v) is 8.82. The zero-order chi connectivity index (χ0) is 20.1. The molecule has 0 aliphatic carbocycles. The van der Waals surface area contributed by atoms with Gasteiger partial charge in [-0.2, -0.15) is 0 Å². The maximum absolute atomic E-state index is 12.0. The summed E-state index contributed by atoms with van der Waals surface area (Å²) in [6, 6.07) is 15.7. The van der Waals surface area contributed by atoms with E-state index in [4.69, 9.17) is 14.2 Å². The Kier molecular flexibility index (Phi) is 5.79. The van der Waals surface area contributed by atoms with E-state index >= 15 is 0 Å². The van der Waals surface area contributed by atoms with Crippen molar-refractivity contribution in [2.75, 3.05) is 13.7 Å². The molecule has 1 aromatic heterocycles. The largest absolute Gasteiger partial charge is 0.496 e. The van der Waals surface area contributed by atoms with Crippen LogP contribution in [0.25, 0.3) is 11.1 Å². The van der Waals surface area contributed by atoms with Crippen LogP contribution in [0.4, 0.5) is 0 Å². The maximum atomic E-state index is 12.0. The van der Waals surface area contributed by atoms with E-state index in [0.29, 0.717) is 29.4 Å². The molecule has 2 aromatic carbocycles. The highest BCUT2D eigenvalue weighted by Gasteiger charge is 2.14. The van der Waals surface area contributed by atoms with Crippen LogP contribution in [0.1, 0.15) is 17.3 Å². The second kappa shape index (κ2) is 8.43. The lowest BCUT2D eigenvalue weighted by atomic mass is 10.1. The van der Waals surface area contributed by atoms with Gasteiger partial charge in [0.2, 0.25) is 0 Å². The van der Waals surface area contributed by atoms with E-state index in [1.165, 1.54) is 17.7 Å². The zero-order valence-corrected chi connectivity index (χ0v) is 16.0. The van der Waals surface area contributed by atoms with E-state index in [-0.39, 0.29) is 5.56 Å². The second-order valence-electron chi connectivity index (χ2n) is 6.05. The fraction of sp³-hybridized carbons (Fsp3) is 0.182. The number of rotatable bonds is 6. The Bertz CT molecular complexity index is 1050. The van der Waals surface area contributed by atoms with E-state index in [2.05, 4.69) is 0 Å². The SMILES string of the molecule is CCOC(=O)c1cccc(Oc2ccccc2-c2cn(C)c(=O)cc2OC)c1. The van der Waals surface area contributed by atoms with Crippen molar-refractivity contribution in [3.05, 3.63) is 76.7 Å². The quantitative estimate of drug-likeness (QED) is 0.605. The molecular formula is C22H21NO5. The number of carbonyl (C=O) groups is 1. The molecule has 0 atom stereocenters. The van der Waals surface area contributed by atoms with Gasteiger partial charge >= 0.3 is 5.97 Å². The number of aromatic nitrogens is 1. The van der Waals surface area contributed by atoms with Gasteiger partial charge in [-0.05, 0) is 31.2 Å². The standard InChI is InChI=1S/C22H21NO5/c1-4-27-22(25)15-8-7-9-16(12-15)28-19-11-6-5-10-17(19)18-14-23(2)21(24)13-20(18)26-3/h5-14H,4H2,1-3H3. The number of carbonyl (C=O) groups excluding carboxylic acids is 1. The number of hydrogen-bond acceptors (Lipinski definition) is 5. The van der Waals surface area contributed by atoms with Gasteiger partial charge in [-0.15, -0.1) is 0 Å². The number of ether oxygens (including phenoxy) is 3. The third kappa shape index (κ3) is 4.06. The summed E-state index contributed by atoms with van der Waals surface area (Å²) in [5, 5.41) is 0. The molecule has 0 unspecified atom stereocenters. The smallest absolute Gasteiger partial charge is 0.338 e. The van der Waals surface area contributed by atoms with Crippen molar-refractivity contribution in [2.24, 2.45) is 7.05 Å². The van der Waals surface area contributed by atoms with Gasteiger partial charge in [0.25, 0.3) is 5.56 Å². The molecule has 144 valence electrons. The fourth-order valence-corrected chi connectivity index (χ4v) is 2.79. The van der Waals surface area contributed by atoms with Crippen LogP contribution in [0.15, 0.2) is 65.6 Å². The predicted molar refractivity (Wildman–Crippen MR) is 106 cm³/mol. The number of para-hydroxylation sites is 1. The van der Waals surface area contributed by atoms with Crippen molar-refractivity contribution in [1.29, 1.82) is 0 Å². The van der Waals surface area contributed by atoms with Gasteiger partial charge in [0.15, 0.2) is 0 Å². The summed E-state index contributed by atoms with van der Waals surface area (Å²) in [5.41, 5.74) is 1.73. The van der Waals surface area contributed by atoms with Crippen molar-refractivity contribution in [3.63, 3.8) is 0 Å². The zero-order valence-electron chi connectivity index (χ0n) is 16.0. The fourth-order valence-electron chi connectivity index (χ4n) is 2.79. The summed E-state index contributed by atoms with van der Waals surface area (Å²) in [6.07, 6.45) is 1.71. The molecule has 0 saturated heterocycles. The molecule has 3 aromatic rings. The van der Waals surface area contributed by atoms with Gasteiger partial charge in [-0.1, -0.05) is 24.3 Å². The number of benzene rings is 2. The monoisotopic (exact) mass is 379 g/mol. The molecule has 28 heavy (non-hydrogen) atoms. The first kappa shape index (κ1) is 19.2. The molecule has 0 fully saturated rings. The van der Waals surface area contributed by atoms with Crippen LogP contribution >= 0.6 is 0 Å². The summed E-state index contributed by atoms with van der Waals surface area (Å²) in [6.45, 7) is 2.06. The minimum Gasteiger partial charge on any atom is -0.496 e. The second-order valence-corrected chi connectivity index (χ2v) is 6.05. The molecule has 0 N–H and O–H groups in total. The number of pyridine rings is 1. The number of methoxy groups -OCH3 is 1. The minimum atomic E-state index is -0.402. The topological polar surface area (TPSA) is 66.8 Å². The summed E-state index contributed by atoms with van der Waals surface area (Å²) in [5.74, 6) is 1.13. The van der Waals surface area contributed by atoms with Crippen LogP contribution in [0.2, 0.25) is 0 Å². The Balaban J connectivity index is 2.01. The van der Waals surface area contributed by atoms with Crippen molar-refractivity contribution in [3.8, 4) is 28.4 Å². The lowest BCUT2D eigenvalue weighted by Crippen LogP contribution is -2.15. The Hall–Kier alpha value is -3.54. The number of hydrogen-bond donors (Lipinski definition) is 0. The molecule has 3 rings (SSSR count). The van der Waals surface area contributed by atoms with E-state index in [9.17, 15) is 9.59 Å². The number of esters is 1. The Morgan fingerprint density at radius 3 is 2.54 bits per heavy atom. The molecule has 6 heteroatoms. The normalized spacial score (nSPS) is 10.4. The Morgan fingerprint density at radius 1 is 1.00 bits per heavy atom. The van der Waals surface area contributed by atoms with Gasteiger partial charge < -0.3 is 18.8 Å². The molecule has 1 heterocycles. The van der Waals surface area contributed by atoms with Crippen LogP contribution in [0, 0.1) is 0 Å². The summed E-state index contributed by atoms with van der Waals surface area (Å²) in [4.78, 5) is 23.9. The lowest BCUT2D eigenvalue weighted by molar-refractivity contribution is 0.0526. The average Bonchev–Trinajstić information content (AvgIpc) is 2.70. The van der Waals surface area contributed by atoms with Gasteiger partial charge in [0, 0.05) is 30.4 Å². The molecule has 0 aliphatic rings. The van der Waals surface area contributed by atoms with Gasteiger partial charge in [-0.3, -0.25) is 4.79 Å². The number of nitrogens with zero attached hydrogens (tertiary/aromatic N) is 1. The highest BCUT2D eigenvalue weighted by molar-refractivity contribution is 5.89. The molecule has 0 spiro atoms. The van der Waals surface area contributed by atoms with Gasteiger partial charge in [-0.25, -0.2) is 4.79 Å². The minimum absolute atomic E-state index is 0.166. The molecular weight excluding hydrogens is 358 g/mol. The third-order valence-electron chi connectivity index (χ3n) is 4.16. The predicted octanol–water partition coefficient (Wildman–Crippen LogP) is 4.03. The van der Waals surface area contributed by atoms with Crippen molar-refractivity contribution >= 4 is 5.97 Å². The molecule has 0 bridgehead atoms. The maximum Gasteiger partial charge on any atom is 0.338 e. The molecule has 0 radical (unpaired) electrons. The Labute approximate surface area is 162 Å². The van der Waals surface area contributed by atoms with Crippen molar-refractivity contribution < 1.29 is 19.0 Å². The highest BCUT2D eigenvalue weighted by atomic mass is 16.5. The van der Waals surface area contributed by atoms with E-state index in [1.807, 2.05) is 24.3 Å². The molecule has 0 aliphatic heterocycles. The summed E-state index contributed by atoms with van der Waals surface area (Å²) in [7, 11) is 3.20.